The Bertz CT molecular complexity index is 900. The second-order valence-corrected chi connectivity index (χ2v) is 9.06. The first kappa shape index (κ1) is 21.1. The summed E-state index contributed by atoms with van der Waals surface area (Å²) in [5, 5.41) is 4.27. The second kappa shape index (κ2) is 8.90. The number of hydrogen-bond donors (Lipinski definition) is 1. The summed E-state index contributed by atoms with van der Waals surface area (Å²) in [4.78, 5) is 26.0. The van der Waals surface area contributed by atoms with Gasteiger partial charge < -0.3 is 15.1 Å². The Morgan fingerprint density at radius 3 is 2.40 bits per heavy atom. The molecule has 3 heterocycles. The summed E-state index contributed by atoms with van der Waals surface area (Å²) in [5.74, 6) is 1.23. The van der Waals surface area contributed by atoms with Gasteiger partial charge in [-0.25, -0.2) is 9.97 Å². The molecule has 2 aliphatic heterocycles. The van der Waals surface area contributed by atoms with E-state index >= 15 is 0 Å². The van der Waals surface area contributed by atoms with E-state index in [0.29, 0.717) is 17.4 Å². The molecule has 2 fully saturated rings. The second-order valence-electron chi connectivity index (χ2n) is 8.65. The highest BCUT2D eigenvalue weighted by molar-refractivity contribution is 6.31. The van der Waals surface area contributed by atoms with Gasteiger partial charge in [-0.05, 0) is 63.3 Å². The summed E-state index contributed by atoms with van der Waals surface area (Å²) in [5.41, 5.74) is 4.40. The minimum absolute atomic E-state index is 0.0903. The van der Waals surface area contributed by atoms with Crippen molar-refractivity contribution in [3.63, 3.8) is 0 Å². The van der Waals surface area contributed by atoms with E-state index in [0.717, 1.165) is 73.4 Å². The molecular weight excluding hydrogens is 398 g/mol. The van der Waals surface area contributed by atoms with Crippen molar-refractivity contribution < 1.29 is 4.79 Å². The van der Waals surface area contributed by atoms with Crippen molar-refractivity contribution in [2.75, 3.05) is 44.6 Å². The van der Waals surface area contributed by atoms with E-state index in [1.807, 2.05) is 37.8 Å². The summed E-state index contributed by atoms with van der Waals surface area (Å²) in [6.45, 7) is 11.6. The molecule has 4 rings (SSSR count). The number of nitrogens with one attached hydrogen (secondary N) is 1. The number of amides is 1. The molecule has 6 nitrogen and oxygen atoms in total. The van der Waals surface area contributed by atoms with Crippen molar-refractivity contribution in [2.24, 2.45) is 11.8 Å². The number of aromatic nitrogens is 2. The van der Waals surface area contributed by atoms with E-state index in [9.17, 15) is 4.79 Å². The van der Waals surface area contributed by atoms with E-state index in [1.54, 1.807) is 0 Å². The van der Waals surface area contributed by atoms with Crippen LogP contribution in [0.25, 0.3) is 0 Å². The van der Waals surface area contributed by atoms with E-state index < -0.39 is 0 Å². The average Bonchev–Trinajstić information content (AvgIpc) is 3.26. The maximum atomic E-state index is 13.0. The number of rotatable bonds is 6. The molecular formula is C23H30ClN5O. The summed E-state index contributed by atoms with van der Waals surface area (Å²) in [7, 11) is 0. The third-order valence-corrected chi connectivity index (χ3v) is 6.85. The van der Waals surface area contributed by atoms with Gasteiger partial charge in [0.05, 0.1) is 17.0 Å². The zero-order chi connectivity index (χ0) is 21.3. The normalized spacial score (nSPS) is 21.1. The third-order valence-electron chi connectivity index (χ3n) is 6.44. The molecule has 2 atom stereocenters. The highest BCUT2D eigenvalue weighted by atomic mass is 35.5. The Balaban J connectivity index is 1.23. The van der Waals surface area contributed by atoms with Gasteiger partial charge in [0.1, 0.15) is 6.33 Å². The lowest BCUT2D eigenvalue weighted by molar-refractivity contribution is 0.0771. The van der Waals surface area contributed by atoms with Gasteiger partial charge in [-0.2, -0.15) is 0 Å². The smallest absolute Gasteiger partial charge is 0.257 e. The van der Waals surface area contributed by atoms with Crippen LogP contribution in [0, 0.1) is 32.6 Å². The van der Waals surface area contributed by atoms with Crippen molar-refractivity contribution in [3.05, 3.63) is 52.1 Å². The van der Waals surface area contributed by atoms with Crippen LogP contribution in [-0.4, -0.2) is 64.9 Å². The fraction of sp³-hybridized carbons (Fsp3) is 0.522. The zero-order valence-corrected chi connectivity index (χ0v) is 18.7. The largest absolute Gasteiger partial charge is 0.385 e. The lowest BCUT2D eigenvalue weighted by atomic mass is 10.0. The number of benzene rings is 1. The number of carbonyl (C=O) groups is 1. The number of carbonyl (C=O) groups excluding carboxylic acids is 1. The van der Waals surface area contributed by atoms with E-state index in [1.165, 1.54) is 6.33 Å². The van der Waals surface area contributed by atoms with Crippen LogP contribution in [0.5, 0.6) is 0 Å². The van der Waals surface area contributed by atoms with Crippen molar-refractivity contribution in [2.45, 2.75) is 27.2 Å². The number of halogens is 1. The molecule has 0 spiro atoms. The number of nitrogens with zero attached hydrogens (tertiary/aromatic N) is 4. The molecule has 2 aromatic rings. The van der Waals surface area contributed by atoms with Gasteiger partial charge in [-0.1, -0.05) is 17.7 Å². The molecule has 0 aliphatic carbocycles. The predicted octanol–water partition coefficient (Wildman–Crippen LogP) is 3.56. The van der Waals surface area contributed by atoms with Gasteiger partial charge in [-0.15, -0.1) is 0 Å². The van der Waals surface area contributed by atoms with Crippen molar-refractivity contribution in [1.82, 2.24) is 19.8 Å². The highest BCUT2D eigenvalue weighted by Crippen LogP contribution is 2.32. The molecule has 30 heavy (non-hydrogen) atoms. The van der Waals surface area contributed by atoms with Crippen LogP contribution < -0.4 is 5.32 Å². The predicted molar refractivity (Wildman–Crippen MR) is 120 cm³/mol. The molecule has 2 unspecified atom stereocenters. The van der Waals surface area contributed by atoms with Gasteiger partial charge in [-0.3, -0.25) is 4.79 Å². The van der Waals surface area contributed by atoms with Crippen LogP contribution in [0.3, 0.4) is 0 Å². The summed E-state index contributed by atoms with van der Waals surface area (Å²) in [6, 6.07) is 6.11. The molecule has 2 saturated heterocycles. The Hall–Kier alpha value is -2.18. The number of anilines is 1. The molecule has 0 bridgehead atoms. The van der Waals surface area contributed by atoms with Crippen molar-refractivity contribution in [3.8, 4) is 0 Å². The fourth-order valence-corrected chi connectivity index (χ4v) is 4.92. The topological polar surface area (TPSA) is 61.4 Å². The molecule has 2 aliphatic rings. The first-order chi connectivity index (χ1) is 14.4. The standard InChI is InChI=1S/C23H30ClN5O/c1-15-5-6-20(9-21(15)24)25-7-4-8-28-10-18-12-29(13-19(18)11-28)23(30)22-16(2)26-14-27-17(22)3/h5-6,9,14,18-19,25H,4,7-8,10-13H2,1-3H3. The van der Waals surface area contributed by atoms with Crippen LogP contribution in [0.2, 0.25) is 5.02 Å². The van der Waals surface area contributed by atoms with Crippen molar-refractivity contribution >= 4 is 23.2 Å². The lowest BCUT2D eigenvalue weighted by Crippen LogP contribution is -2.34. The lowest BCUT2D eigenvalue weighted by Gasteiger charge is -2.22. The maximum Gasteiger partial charge on any atom is 0.257 e. The van der Waals surface area contributed by atoms with Crippen LogP contribution >= 0.6 is 11.6 Å². The van der Waals surface area contributed by atoms with Crippen LogP contribution in [-0.2, 0) is 0 Å². The summed E-state index contributed by atoms with van der Waals surface area (Å²) < 4.78 is 0. The third kappa shape index (κ3) is 4.44. The SMILES string of the molecule is Cc1ccc(NCCCN2CC3CN(C(=O)c4c(C)ncnc4C)CC3C2)cc1Cl. The van der Waals surface area contributed by atoms with Crippen LogP contribution in [0.4, 0.5) is 5.69 Å². The fourth-order valence-electron chi connectivity index (χ4n) is 4.74. The first-order valence-corrected chi connectivity index (χ1v) is 11.1. The number of likely N-dealkylation sites (tertiary alicyclic amines) is 2. The van der Waals surface area contributed by atoms with Crippen LogP contribution in [0.1, 0.15) is 33.7 Å². The molecule has 160 valence electrons. The Morgan fingerprint density at radius 1 is 1.10 bits per heavy atom. The summed E-state index contributed by atoms with van der Waals surface area (Å²) >= 11 is 6.19. The molecule has 7 heteroatoms. The number of aryl methyl sites for hydroxylation is 3. The van der Waals surface area contributed by atoms with Gasteiger partial charge in [0, 0.05) is 43.4 Å². The number of hydrogen-bond acceptors (Lipinski definition) is 5. The maximum absolute atomic E-state index is 13.0. The van der Waals surface area contributed by atoms with E-state index in [-0.39, 0.29) is 5.91 Å². The highest BCUT2D eigenvalue weighted by Gasteiger charge is 2.41. The Labute approximate surface area is 183 Å². The average molecular weight is 428 g/mol. The molecule has 1 N–H and O–H groups in total. The number of fused-ring (bicyclic) bond motifs is 1. The molecule has 1 aromatic heterocycles. The minimum Gasteiger partial charge on any atom is -0.385 e. The van der Waals surface area contributed by atoms with Gasteiger partial charge in [0.2, 0.25) is 0 Å². The minimum atomic E-state index is 0.0903. The quantitative estimate of drug-likeness (QED) is 0.714. The first-order valence-electron chi connectivity index (χ1n) is 10.7. The molecule has 0 saturated carbocycles. The Morgan fingerprint density at radius 2 is 1.77 bits per heavy atom. The molecule has 1 aromatic carbocycles. The molecule has 0 radical (unpaired) electrons. The van der Waals surface area contributed by atoms with Crippen molar-refractivity contribution in [1.29, 1.82) is 0 Å². The zero-order valence-electron chi connectivity index (χ0n) is 18.0. The van der Waals surface area contributed by atoms with Crippen LogP contribution in [0.15, 0.2) is 24.5 Å². The summed E-state index contributed by atoms with van der Waals surface area (Å²) in [6.07, 6.45) is 2.62. The van der Waals surface area contributed by atoms with E-state index in [2.05, 4.69) is 26.3 Å². The van der Waals surface area contributed by atoms with Gasteiger partial charge in [0.15, 0.2) is 0 Å². The van der Waals surface area contributed by atoms with Gasteiger partial charge in [0.25, 0.3) is 5.91 Å². The van der Waals surface area contributed by atoms with E-state index in [4.69, 9.17) is 11.6 Å². The molecule has 1 amide bonds. The van der Waals surface area contributed by atoms with Gasteiger partial charge >= 0.3 is 0 Å². The Kier molecular flexibility index (Phi) is 6.25. The monoisotopic (exact) mass is 427 g/mol.